The molecule has 0 bridgehead atoms. The summed E-state index contributed by atoms with van der Waals surface area (Å²) in [6.07, 6.45) is -3.97. The van der Waals surface area contributed by atoms with Gasteiger partial charge in [0.15, 0.2) is 0 Å². The molecule has 0 aromatic heterocycles. The summed E-state index contributed by atoms with van der Waals surface area (Å²) in [6.45, 7) is 1.51. The van der Waals surface area contributed by atoms with Crippen LogP contribution in [-0.4, -0.2) is 23.7 Å². The van der Waals surface area contributed by atoms with E-state index < -0.39 is 23.7 Å². The van der Waals surface area contributed by atoms with E-state index in [1.54, 1.807) is 6.92 Å². The Bertz CT molecular complexity index is 414. The molecule has 100 valence electrons. The minimum absolute atomic E-state index is 0.0725. The van der Waals surface area contributed by atoms with Gasteiger partial charge in [-0.05, 0) is 24.6 Å². The highest BCUT2D eigenvalue weighted by molar-refractivity contribution is 5.94. The molecule has 18 heavy (non-hydrogen) atoms. The van der Waals surface area contributed by atoms with Crippen molar-refractivity contribution in [2.75, 3.05) is 6.61 Å². The van der Waals surface area contributed by atoms with Crippen molar-refractivity contribution in [3.8, 4) is 0 Å². The second-order valence-electron chi connectivity index (χ2n) is 3.84. The maximum Gasteiger partial charge on any atom is 0.416 e. The van der Waals surface area contributed by atoms with Crippen LogP contribution >= 0.6 is 0 Å². The Kier molecular flexibility index (Phi) is 4.72. The van der Waals surface area contributed by atoms with Crippen LogP contribution in [0.3, 0.4) is 0 Å². The average molecular weight is 261 g/mol. The van der Waals surface area contributed by atoms with Crippen LogP contribution in [0.2, 0.25) is 0 Å². The minimum atomic E-state index is -4.47. The Morgan fingerprint density at radius 3 is 2.61 bits per heavy atom. The van der Waals surface area contributed by atoms with Crippen LogP contribution in [0.5, 0.6) is 0 Å². The zero-order valence-electron chi connectivity index (χ0n) is 9.79. The van der Waals surface area contributed by atoms with E-state index in [9.17, 15) is 18.0 Å². The van der Waals surface area contributed by atoms with Gasteiger partial charge in [-0.2, -0.15) is 13.2 Å². The normalized spacial score (nSPS) is 13.2. The predicted octanol–water partition coefficient (Wildman–Crippen LogP) is 2.21. The molecule has 0 aliphatic heterocycles. The lowest BCUT2D eigenvalue weighted by Gasteiger charge is -2.14. The number of hydrogen-bond donors (Lipinski definition) is 2. The fourth-order valence-corrected chi connectivity index (χ4v) is 1.38. The van der Waals surface area contributed by atoms with E-state index in [0.717, 1.165) is 12.1 Å². The molecule has 0 aliphatic rings. The number of carbonyl (C=O) groups excluding carboxylic acids is 1. The zero-order valence-corrected chi connectivity index (χ0v) is 9.79. The van der Waals surface area contributed by atoms with Crippen LogP contribution in [0.1, 0.15) is 29.3 Å². The van der Waals surface area contributed by atoms with Crippen molar-refractivity contribution in [3.63, 3.8) is 0 Å². The van der Waals surface area contributed by atoms with Crippen molar-refractivity contribution < 1.29 is 23.1 Å². The molecule has 1 aromatic rings. The van der Waals surface area contributed by atoms with Gasteiger partial charge in [0, 0.05) is 5.56 Å². The first kappa shape index (κ1) is 14.5. The molecular weight excluding hydrogens is 247 g/mol. The maximum atomic E-state index is 12.5. The number of amides is 1. The molecule has 0 unspecified atom stereocenters. The second-order valence-corrected chi connectivity index (χ2v) is 3.84. The molecule has 0 spiro atoms. The third-order valence-electron chi connectivity index (χ3n) is 2.50. The lowest BCUT2D eigenvalue weighted by Crippen LogP contribution is -2.37. The van der Waals surface area contributed by atoms with Crippen LogP contribution in [-0.2, 0) is 6.18 Å². The SMILES string of the molecule is CC[C@H](CO)NC(=O)c1cccc(C(F)(F)F)c1. The average Bonchev–Trinajstić information content (AvgIpc) is 2.34. The van der Waals surface area contributed by atoms with Crippen LogP contribution < -0.4 is 5.32 Å². The van der Waals surface area contributed by atoms with Crippen LogP contribution in [0, 0.1) is 0 Å². The van der Waals surface area contributed by atoms with Crippen LogP contribution in [0.25, 0.3) is 0 Å². The first-order chi connectivity index (χ1) is 8.38. The third-order valence-corrected chi connectivity index (χ3v) is 2.50. The Labute approximate surface area is 103 Å². The van der Waals surface area contributed by atoms with E-state index >= 15 is 0 Å². The topological polar surface area (TPSA) is 49.3 Å². The van der Waals surface area contributed by atoms with Gasteiger partial charge in [0.1, 0.15) is 0 Å². The largest absolute Gasteiger partial charge is 0.416 e. The molecule has 1 amide bonds. The summed E-state index contributed by atoms with van der Waals surface area (Å²) >= 11 is 0. The summed E-state index contributed by atoms with van der Waals surface area (Å²) in [6, 6.07) is 3.72. The summed E-state index contributed by atoms with van der Waals surface area (Å²) in [5, 5.41) is 11.4. The van der Waals surface area contributed by atoms with Gasteiger partial charge in [-0.15, -0.1) is 0 Å². The Hall–Kier alpha value is -1.56. The molecule has 3 nitrogen and oxygen atoms in total. The maximum absolute atomic E-state index is 12.5. The molecule has 0 fully saturated rings. The molecule has 0 saturated heterocycles. The van der Waals surface area contributed by atoms with Gasteiger partial charge in [-0.25, -0.2) is 0 Å². The number of rotatable bonds is 4. The van der Waals surface area contributed by atoms with Crippen LogP contribution in [0.4, 0.5) is 13.2 Å². The number of hydrogen-bond acceptors (Lipinski definition) is 2. The van der Waals surface area contributed by atoms with Crippen molar-refractivity contribution in [1.82, 2.24) is 5.32 Å². The lowest BCUT2D eigenvalue weighted by molar-refractivity contribution is -0.137. The quantitative estimate of drug-likeness (QED) is 0.873. The number of alkyl halides is 3. The molecular formula is C12H14F3NO2. The number of benzene rings is 1. The number of aliphatic hydroxyl groups is 1. The van der Waals surface area contributed by atoms with Crippen molar-refractivity contribution in [1.29, 1.82) is 0 Å². The first-order valence-corrected chi connectivity index (χ1v) is 5.47. The first-order valence-electron chi connectivity index (χ1n) is 5.47. The molecule has 1 aromatic carbocycles. The standard InChI is InChI=1S/C12H14F3NO2/c1-2-10(7-17)16-11(18)8-4-3-5-9(6-8)12(13,14)15/h3-6,10,17H,2,7H2,1H3,(H,16,18)/t10-/m1/s1. The third kappa shape index (κ3) is 3.73. The van der Waals surface area contributed by atoms with Gasteiger partial charge in [-0.1, -0.05) is 13.0 Å². The van der Waals surface area contributed by atoms with Gasteiger partial charge < -0.3 is 10.4 Å². The Morgan fingerprint density at radius 1 is 1.44 bits per heavy atom. The van der Waals surface area contributed by atoms with Gasteiger partial charge in [0.2, 0.25) is 0 Å². The zero-order chi connectivity index (χ0) is 13.8. The van der Waals surface area contributed by atoms with Crippen LogP contribution in [0.15, 0.2) is 24.3 Å². The summed E-state index contributed by atoms with van der Waals surface area (Å²) < 4.78 is 37.4. The highest BCUT2D eigenvalue weighted by atomic mass is 19.4. The lowest BCUT2D eigenvalue weighted by atomic mass is 10.1. The van der Waals surface area contributed by atoms with Crippen molar-refractivity contribution in [3.05, 3.63) is 35.4 Å². The molecule has 0 heterocycles. The van der Waals surface area contributed by atoms with Gasteiger partial charge in [0.05, 0.1) is 18.2 Å². The number of nitrogens with one attached hydrogen (secondary N) is 1. The van der Waals surface area contributed by atoms with E-state index in [1.807, 2.05) is 0 Å². The van der Waals surface area contributed by atoms with E-state index in [-0.39, 0.29) is 12.2 Å². The minimum Gasteiger partial charge on any atom is -0.394 e. The van der Waals surface area contributed by atoms with Gasteiger partial charge in [0.25, 0.3) is 5.91 Å². The van der Waals surface area contributed by atoms with Gasteiger partial charge in [-0.3, -0.25) is 4.79 Å². The van der Waals surface area contributed by atoms with Crippen molar-refractivity contribution in [2.24, 2.45) is 0 Å². The Morgan fingerprint density at radius 2 is 2.11 bits per heavy atom. The smallest absolute Gasteiger partial charge is 0.394 e. The fraction of sp³-hybridized carbons (Fsp3) is 0.417. The molecule has 1 atom stereocenters. The van der Waals surface area contributed by atoms with E-state index in [4.69, 9.17) is 5.11 Å². The molecule has 2 N–H and O–H groups in total. The highest BCUT2D eigenvalue weighted by Gasteiger charge is 2.30. The second kappa shape index (κ2) is 5.86. The predicted molar refractivity (Wildman–Crippen MR) is 60.1 cm³/mol. The number of aliphatic hydroxyl groups excluding tert-OH is 1. The summed E-state index contributed by atoms with van der Waals surface area (Å²) in [4.78, 5) is 11.7. The Balaban J connectivity index is 2.87. The van der Waals surface area contributed by atoms with E-state index in [1.165, 1.54) is 12.1 Å². The fourth-order valence-electron chi connectivity index (χ4n) is 1.38. The van der Waals surface area contributed by atoms with E-state index in [0.29, 0.717) is 6.42 Å². The highest BCUT2D eigenvalue weighted by Crippen LogP contribution is 2.29. The van der Waals surface area contributed by atoms with Crippen molar-refractivity contribution >= 4 is 5.91 Å². The molecule has 0 aliphatic carbocycles. The summed E-state index contributed by atoms with van der Waals surface area (Å²) in [7, 11) is 0. The summed E-state index contributed by atoms with van der Waals surface area (Å²) in [5.41, 5.74) is -0.941. The monoisotopic (exact) mass is 261 g/mol. The van der Waals surface area contributed by atoms with E-state index in [2.05, 4.69) is 5.32 Å². The van der Waals surface area contributed by atoms with Crippen molar-refractivity contribution in [2.45, 2.75) is 25.6 Å². The summed E-state index contributed by atoms with van der Waals surface area (Å²) in [5.74, 6) is -0.623. The number of halogens is 3. The molecule has 0 saturated carbocycles. The number of carbonyl (C=O) groups is 1. The van der Waals surface area contributed by atoms with Gasteiger partial charge >= 0.3 is 6.18 Å². The molecule has 0 radical (unpaired) electrons. The molecule has 6 heteroatoms. The molecule has 1 rings (SSSR count).